The molecule has 0 spiro atoms. The highest BCUT2D eigenvalue weighted by atomic mass is 32.1. The van der Waals surface area contributed by atoms with Gasteiger partial charge in [-0.2, -0.15) is 88.4 Å². The molecule has 14 N–H and O–H groups in total. The van der Waals surface area contributed by atoms with Crippen LogP contribution in [-0.4, -0.2) is 200 Å². The SMILES string of the molecule is CCC(CO)(CO)CO.O=C(O)CCS.O=C(O)CCS.O=C(O)CCS.O=C(O)CS.O=C(O)CS.O=C(O)CS.O=C(O)CS.OCC(CO)(CO)CO. The fourth-order valence-electron chi connectivity index (χ4n) is 1.07. The molecule has 0 rings (SSSR count). The van der Waals surface area contributed by atoms with Gasteiger partial charge in [0.25, 0.3) is 0 Å². The van der Waals surface area contributed by atoms with Crippen LogP contribution in [0.4, 0.5) is 0 Å². The Morgan fingerprint density at radius 1 is 0.339 bits per heavy atom. The first-order valence-corrected chi connectivity index (χ1v) is 19.4. The molecule has 0 aromatic rings. The van der Waals surface area contributed by atoms with Crippen LogP contribution in [0.2, 0.25) is 0 Å². The number of carbonyl (C=O) groups is 7. The second kappa shape index (κ2) is 60.1. The monoisotopic (exact) mass is 956 g/mol. The quantitative estimate of drug-likeness (QED) is 0.0694. The average molecular weight is 957 g/mol. The number of rotatable bonds is 18. The van der Waals surface area contributed by atoms with E-state index in [1.54, 1.807) is 0 Å². The summed E-state index contributed by atoms with van der Waals surface area (Å²) in [6.07, 6.45) is 1.06. The van der Waals surface area contributed by atoms with Crippen LogP contribution < -0.4 is 0 Å². The molecule has 21 nitrogen and oxygen atoms in total. The summed E-state index contributed by atoms with van der Waals surface area (Å²) >= 11 is 24.7. The van der Waals surface area contributed by atoms with E-state index in [1.165, 1.54) is 0 Å². The lowest BCUT2D eigenvalue weighted by atomic mass is 9.88. The summed E-state index contributed by atoms with van der Waals surface area (Å²) < 4.78 is 0. The van der Waals surface area contributed by atoms with Crippen molar-refractivity contribution < 1.29 is 105 Å². The van der Waals surface area contributed by atoms with E-state index in [0.29, 0.717) is 23.7 Å². The van der Waals surface area contributed by atoms with Crippen molar-refractivity contribution in [1.82, 2.24) is 0 Å². The Hall–Kier alpha value is -1.54. The molecule has 340 valence electrons. The molecule has 0 aromatic carbocycles. The molecule has 0 saturated heterocycles. The number of thiol groups is 7. The predicted octanol–water partition coefficient (Wildman–Crippen LogP) is -1.52. The van der Waals surface area contributed by atoms with E-state index in [9.17, 15) is 33.6 Å². The predicted molar refractivity (Wildman–Crippen MR) is 229 cm³/mol. The van der Waals surface area contributed by atoms with Gasteiger partial charge in [0.1, 0.15) is 0 Å². The fraction of sp³-hybridized carbons (Fsp3) is 0.750. The molecule has 0 amide bonds. The first kappa shape index (κ1) is 75.3. The Bertz CT molecular complexity index is 778. The molecule has 0 saturated carbocycles. The number of aliphatic hydroxyl groups is 7. The lowest BCUT2D eigenvalue weighted by Gasteiger charge is -2.24. The van der Waals surface area contributed by atoms with E-state index in [-0.39, 0.29) is 62.1 Å². The number of hydrogen-bond acceptors (Lipinski definition) is 21. The van der Waals surface area contributed by atoms with E-state index in [2.05, 4.69) is 88.4 Å². The fourth-order valence-corrected chi connectivity index (χ4v) is 1.65. The highest BCUT2D eigenvalue weighted by Crippen LogP contribution is 2.18. The highest BCUT2D eigenvalue weighted by molar-refractivity contribution is 7.81. The van der Waals surface area contributed by atoms with Crippen molar-refractivity contribution in [1.29, 1.82) is 0 Å². The third-order valence-corrected chi connectivity index (χ3v) is 6.37. The Labute approximate surface area is 363 Å². The zero-order valence-corrected chi connectivity index (χ0v) is 36.7. The number of carboxylic acid groups (broad SMARTS) is 7. The van der Waals surface area contributed by atoms with Crippen molar-refractivity contribution in [2.24, 2.45) is 10.8 Å². The van der Waals surface area contributed by atoms with Crippen molar-refractivity contribution in [3.05, 3.63) is 0 Å². The topological polar surface area (TPSA) is 403 Å². The normalized spacial score (nSPS) is 9.12. The van der Waals surface area contributed by atoms with Crippen molar-refractivity contribution in [2.45, 2.75) is 32.6 Å². The Kier molecular flexibility index (Phi) is 80.9. The smallest absolute Gasteiger partial charge is 0.313 e. The molecular formula is C28H60O21S7. The van der Waals surface area contributed by atoms with Gasteiger partial charge in [-0.1, -0.05) is 6.92 Å². The molecule has 0 unspecified atom stereocenters. The summed E-state index contributed by atoms with van der Waals surface area (Å²) in [5.41, 5.74) is -1.78. The molecule has 0 fully saturated rings. The molecule has 0 bridgehead atoms. The molecule has 0 aliphatic rings. The van der Waals surface area contributed by atoms with E-state index < -0.39 is 79.0 Å². The van der Waals surface area contributed by atoms with Gasteiger partial charge in [-0.25, -0.2) is 0 Å². The summed E-state index contributed by atoms with van der Waals surface area (Å²) in [6, 6.07) is 0. The van der Waals surface area contributed by atoms with Crippen molar-refractivity contribution in [2.75, 3.05) is 86.5 Å². The van der Waals surface area contributed by atoms with Crippen LogP contribution in [0.15, 0.2) is 0 Å². The number of hydrogen-bond donors (Lipinski definition) is 21. The third-order valence-electron chi connectivity index (χ3n) is 4.62. The van der Waals surface area contributed by atoms with Crippen molar-refractivity contribution >= 4 is 130 Å². The van der Waals surface area contributed by atoms with Gasteiger partial charge in [0.05, 0.1) is 93.9 Å². The lowest BCUT2D eigenvalue weighted by molar-refractivity contribution is -0.137. The van der Waals surface area contributed by atoms with Crippen molar-refractivity contribution in [3.8, 4) is 0 Å². The maximum Gasteiger partial charge on any atom is 0.313 e. The van der Waals surface area contributed by atoms with E-state index in [0.717, 1.165) is 0 Å². The zero-order chi connectivity index (χ0) is 46.8. The van der Waals surface area contributed by atoms with Crippen LogP contribution in [-0.2, 0) is 33.6 Å². The van der Waals surface area contributed by atoms with Gasteiger partial charge >= 0.3 is 41.8 Å². The molecule has 0 heterocycles. The molecule has 0 aliphatic heterocycles. The number of carboxylic acids is 7. The molecule has 0 aliphatic carbocycles. The third kappa shape index (κ3) is 89.2. The van der Waals surface area contributed by atoms with Crippen LogP contribution in [0.5, 0.6) is 0 Å². The molecule has 28 heteroatoms. The van der Waals surface area contributed by atoms with Crippen LogP contribution in [0, 0.1) is 10.8 Å². The largest absolute Gasteiger partial charge is 0.481 e. The van der Waals surface area contributed by atoms with Crippen LogP contribution in [0.3, 0.4) is 0 Å². The Morgan fingerprint density at radius 3 is 0.482 bits per heavy atom. The van der Waals surface area contributed by atoms with E-state index in [4.69, 9.17) is 71.5 Å². The molecular weight excluding hydrogens is 897 g/mol. The lowest BCUT2D eigenvalue weighted by Crippen LogP contribution is -2.37. The van der Waals surface area contributed by atoms with Gasteiger partial charge in [0.15, 0.2) is 0 Å². The molecule has 56 heavy (non-hydrogen) atoms. The second-order valence-corrected chi connectivity index (χ2v) is 11.9. The number of aliphatic hydroxyl groups excluding tert-OH is 7. The highest BCUT2D eigenvalue weighted by Gasteiger charge is 2.26. The summed E-state index contributed by atoms with van der Waals surface area (Å²) in [7, 11) is 0. The zero-order valence-electron chi connectivity index (χ0n) is 30.5. The maximum absolute atomic E-state index is 9.55. The summed E-state index contributed by atoms with van der Waals surface area (Å²) in [5, 5.41) is 114. The summed E-state index contributed by atoms with van der Waals surface area (Å²) in [4.78, 5) is 65.8. The van der Waals surface area contributed by atoms with Gasteiger partial charge < -0.3 is 71.5 Å². The molecule has 0 radical (unpaired) electrons. The first-order chi connectivity index (χ1) is 25.9. The Balaban J connectivity index is -0.0000000641. The average Bonchev–Trinajstić information content (AvgIpc) is 3.15. The first-order valence-electron chi connectivity index (χ1n) is 14.9. The number of aliphatic carboxylic acids is 7. The minimum atomic E-state index is -1.11. The minimum Gasteiger partial charge on any atom is -0.481 e. The minimum absolute atomic E-state index is 0.0833. The summed E-state index contributed by atoms with van der Waals surface area (Å²) in [5.74, 6) is -4.94. The van der Waals surface area contributed by atoms with Gasteiger partial charge in [-0.3, -0.25) is 33.6 Å². The van der Waals surface area contributed by atoms with Crippen molar-refractivity contribution in [3.63, 3.8) is 0 Å². The Morgan fingerprint density at radius 2 is 0.482 bits per heavy atom. The standard InChI is InChI=1S/C6H14O3.C5H12O4.3C3H6O2S.4C2H4O2S/c1-2-6(3-7,4-8)5-9;6-1-5(2-7,3-8)4-9;3*4-3(5)1-2-6;4*3-2(4)1-5/h7-9H,2-5H2,1H3;6-9H,1-4H2;3*6H,1-2H2,(H,4,5);4*5H,1H2,(H,3,4). The van der Waals surface area contributed by atoms with E-state index >= 15 is 0 Å². The van der Waals surface area contributed by atoms with Gasteiger partial charge in [-0.05, 0) is 6.42 Å². The van der Waals surface area contributed by atoms with Crippen LogP contribution >= 0.6 is 88.4 Å². The van der Waals surface area contributed by atoms with Crippen LogP contribution in [0.25, 0.3) is 0 Å². The van der Waals surface area contributed by atoms with E-state index in [1.807, 2.05) is 6.92 Å². The second-order valence-electron chi connectivity index (χ2n) is 9.27. The van der Waals surface area contributed by atoms with Gasteiger partial charge in [-0.15, -0.1) is 0 Å². The van der Waals surface area contributed by atoms with Gasteiger partial charge in [0, 0.05) is 22.7 Å². The maximum atomic E-state index is 9.55. The van der Waals surface area contributed by atoms with Gasteiger partial charge in [0.2, 0.25) is 0 Å². The summed E-state index contributed by atoms with van der Waals surface area (Å²) in [6.45, 7) is -0.272. The molecule has 0 aromatic heterocycles. The molecule has 0 atom stereocenters. The van der Waals surface area contributed by atoms with Crippen LogP contribution in [0.1, 0.15) is 32.6 Å².